The van der Waals surface area contributed by atoms with Gasteiger partial charge in [0.15, 0.2) is 5.82 Å². The average molecular weight is 286 g/mol. The number of nitrogens with zero attached hydrogens (tertiary/aromatic N) is 6. The predicted octanol–water partition coefficient (Wildman–Crippen LogP) is 1.34. The number of tetrazole rings is 1. The summed E-state index contributed by atoms with van der Waals surface area (Å²) in [6.45, 7) is 2.26. The minimum absolute atomic E-state index is 0.296. The van der Waals surface area contributed by atoms with Crippen LogP contribution in [-0.4, -0.2) is 37.5 Å². The van der Waals surface area contributed by atoms with Gasteiger partial charge >= 0.3 is 0 Å². The molecule has 0 N–H and O–H groups in total. The summed E-state index contributed by atoms with van der Waals surface area (Å²) in [5.41, 5.74) is 0.834. The molecule has 0 aliphatic carbocycles. The van der Waals surface area contributed by atoms with E-state index in [1.54, 1.807) is 7.11 Å². The van der Waals surface area contributed by atoms with E-state index in [2.05, 4.69) is 25.6 Å². The van der Waals surface area contributed by atoms with Crippen molar-refractivity contribution in [2.75, 3.05) is 7.11 Å². The molecule has 0 unspecified atom stereocenters. The van der Waals surface area contributed by atoms with Gasteiger partial charge in [-0.15, -0.1) is 10.2 Å². The molecule has 0 atom stereocenters. The van der Waals surface area contributed by atoms with Crippen molar-refractivity contribution in [2.45, 2.75) is 19.9 Å². The van der Waals surface area contributed by atoms with Crippen LogP contribution >= 0.6 is 0 Å². The van der Waals surface area contributed by atoms with Crippen molar-refractivity contribution in [3.05, 3.63) is 36.0 Å². The second-order valence-corrected chi connectivity index (χ2v) is 4.33. The number of hydrogen-bond donors (Lipinski definition) is 0. The molecule has 2 aromatic heterocycles. The number of hydrogen-bond acceptors (Lipinski definition) is 7. The number of aromatic nitrogens is 6. The Balaban J connectivity index is 1.79. The number of methoxy groups -OCH3 is 1. The molecule has 0 saturated heterocycles. The van der Waals surface area contributed by atoms with E-state index >= 15 is 0 Å². The summed E-state index contributed by atoms with van der Waals surface area (Å²) in [5.74, 6) is 2.39. The van der Waals surface area contributed by atoms with Crippen molar-refractivity contribution in [1.82, 2.24) is 30.3 Å². The Hall–Kier alpha value is -2.77. The molecule has 0 bridgehead atoms. The zero-order valence-electron chi connectivity index (χ0n) is 11.7. The Morgan fingerprint density at radius 2 is 2.24 bits per heavy atom. The van der Waals surface area contributed by atoms with Crippen molar-refractivity contribution in [1.29, 1.82) is 0 Å². The monoisotopic (exact) mass is 286 g/mol. The largest absolute Gasteiger partial charge is 0.497 e. The van der Waals surface area contributed by atoms with Gasteiger partial charge in [0.1, 0.15) is 12.3 Å². The third-order valence-electron chi connectivity index (χ3n) is 2.88. The normalized spacial score (nSPS) is 10.8. The second kappa shape index (κ2) is 5.70. The summed E-state index contributed by atoms with van der Waals surface area (Å²) < 4.78 is 10.3. The third kappa shape index (κ3) is 2.88. The molecular weight excluding hydrogens is 272 g/mol. The number of aryl methyl sites for hydroxylation is 1. The Morgan fingerprint density at radius 1 is 1.33 bits per heavy atom. The summed E-state index contributed by atoms with van der Waals surface area (Å²) >= 11 is 0. The van der Waals surface area contributed by atoms with Crippen LogP contribution in [0, 0.1) is 0 Å². The maximum Gasteiger partial charge on any atom is 0.250 e. The predicted molar refractivity (Wildman–Crippen MR) is 72.6 cm³/mol. The van der Waals surface area contributed by atoms with Crippen LogP contribution in [0.2, 0.25) is 0 Å². The quantitative estimate of drug-likeness (QED) is 0.698. The van der Waals surface area contributed by atoms with Crippen LogP contribution in [0.5, 0.6) is 5.75 Å². The Morgan fingerprint density at radius 3 is 3.00 bits per heavy atom. The van der Waals surface area contributed by atoms with E-state index in [1.807, 2.05) is 31.2 Å². The average Bonchev–Trinajstić information content (AvgIpc) is 3.17. The molecular formula is C13H14N6O2. The van der Waals surface area contributed by atoms with Crippen LogP contribution in [0.3, 0.4) is 0 Å². The van der Waals surface area contributed by atoms with Crippen molar-refractivity contribution < 1.29 is 9.26 Å². The third-order valence-corrected chi connectivity index (χ3v) is 2.88. The van der Waals surface area contributed by atoms with Crippen molar-refractivity contribution in [3.8, 4) is 17.1 Å². The molecule has 0 fully saturated rings. The van der Waals surface area contributed by atoms with Crippen LogP contribution < -0.4 is 4.74 Å². The van der Waals surface area contributed by atoms with Gasteiger partial charge in [0.05, 0.1) is 7.11 Å². The molecule has 2 heterocycles. The molecule has 3 aromatic rings. The smallest absolute Gasteiger partial charge is 0.250 e. The van der Waals surface area contributed by atoms with E-state index in [1.165, 1.54) is 4.80 Å². The first-order valence-corrected chi connectivity index (χ1v) is 6.52. The minimum atomic E-state index is 0.296. The lowest BCUT2D eigenvalue weighted by Crippen LogP contribution is -2.04. The van der Waals surface area contributed by atoms with Crippen molar-refractivity contribution >= 4 is 0 Å². The summed E-state index contributed by atoms with van der Waals surface area (Å²) in [7, 11) is 1.62. The van der Waals surface area contributed by atoms with Gasteiger partial charge in [-0.25, -0.2) is 0 Å². The fraction of sp³-hybridized carbons (Fsp3) is 0.308. The van der Waals surface area contributed by atoms with E-state index in [0.717, 1.165) is 17.7 Å². The molecule has 0 aliphatic heterocycles. The summed E-state index contributed by atoms with van der Waals surface area (Å²) in [6, 6.07) is 7.48. The van der Waals surface area contributed by atoms with E-state index in [0.29, 0.717) is 24.1 Å². The zero-order chi connectivity index (χ0) is 14.7. The number of ether oxygens (including phenoxy) is 1. The van der Waals surface area contributed by atoms with Gasteiger partial charge in [-0.1, -0.05) is 24.2 Å². The minimum Gasteiger partial charge on any atom is -0.497 e. The standard InChI is InChI=1S/C13H14N6O2/c1-3-11-14-12(21-17-11)8-19-16-13(15-18-19)9-5-4-6-10(7-9)20-2/h4-7H,3,8H2,1-2H3. The summed E-state index contributed by atoms with van der Waals surface area (Å²) in [4.78, 5) is 5.63. The Labute approximate surface area is 120 Å². The van der Waals surface area contributed by atoms with Crippen LogP contribution in [0.15, 0.2) is 28.8 Å². The molecule has 0 saturated carbocycles. The van der Waals surface area contributed by atoms with Gasteiger partial charge in [-0.05, 0) is 17.3 Å². The molecule has 108 valence electrons. The fourth-order valence-corrected chi connectivity index (χ4v) is 1.81. The van der Waals surface area contributed by atoms with Crippen molar-refractivity contribution in [2.24, 2.45) is 0 Å². The highest BCUT2D eigenvalue weighted by atomic mass is 16.5. The second-order valence-electron chi connectivity index (χ2n) is 4.33. The highest BCUT2D eigenvalue weighted by molar-refractivity contribution is 5.56. The summed E-state index contributed by atoms with van der Waals surface area (Å²) in [6.07, 6.45) is 0.726. The highest BCUT2D eigenvalue weighted by Gasteiger charge is 2.10. The number of rotatable bonds is 5. The molecule has 3 rings (SSSR count). The lowest BCUT2D eigenvalue weighted by molar-refractivity contribution is 0.352. The van der Waals surface area contributed by atoms with Gasteiger partial charge in [0, 0.05) is 12.0 Å². The van der Waals surface area contributed by atoms with Crippen molar-refractivity contribution in [3.63, 3.8) is 0 Å². The molecule has 0 amide bonds. The molecule has 21 heavy (non-hydrogen) atoms. The van der Waals surface area contributed by atoms with Gasteiger partial charge in [-0.3, -0.25) is 0 Å². The van der Waals surface area contributed by atoms with Crippen LogP contribution in [0.1, 0.15) is 18.6 Å². The molecule has 8 nitrogen and oxygen atoms in total. The maximum absolute atomic E-state index is 5.18. The zero-order valence-corrected chi connectivity index (χ0v) is 11.7. The van der Waals surface area contributed by atoms with Gasteiger partial charge in [-0.2, -0.15) is 9.78 Å². The lowest BCUT2D eigenvalue weighted by Gasteiger charge is -1.99. The maximum atomic E-state index is 5.18. The van der Waals surface area contributed by atoms with Crippen LogP contribution in [0.4, 0.5) is 0 Å². The number of benzene rings is 1. The van der Waals surface area contributed by atoms with E-state index < -0.39 is 0 Å². The Bertz CT molecular complexity index is 736. The van der Waals surface area contributed by atoms with Crippen LogP contribution in [0.25, 0.3) is 11.4 Å². The first kappa shape index (κ1) is 13.2. The SMILES string of the molecule is CCc1noc(Cn2nnc(-c3cccc(OC)c3)n2)n1. The molecule has 0 spiro atoms. The first-order valence-electron chi connectivity index (χ1n) is 6.52. The van der Waals surface area contributed by atoms with Gasteiger partial charge in [0.25, 0.3) is 0 Å². The fourth-order valence-electron chi connectivity index (χ4n) is 1.81. The van der Waals surface area contributed by atoms with E-state index in [9.17, 15) is 0 Å². The van der Waals surface area contributed by atoms with Crippen LogP contribution in [-0.2, 0) is 13.0 Å². The topological polar surface area (TPSA) is 91.8 Å². The first-order chi connectivity index (χ1) is 10.3. The lowest BCUT2D eigenvalue weighted by atomic mass is 10.2. The molecule has 0 radical (unpaired) electrons. The van der Waals surface area contributed by atoms with E-state index in [4.69, 9.17) is 9.26 Å². The molecule has 8 heteroatoms. The molecule has 0 aliphatic rings. The van der Waals surface area contributed by atoms with Gasteiger partial charge < -0.3 is 9.26 Å². The van der Waals surface area contributed by atoms with E-state index in [-0.39, 0.29) is 0 Å². The highest BCUT2D eigenvalue weighted by Crippen LogP contribution is 2.19. The molecule has 1 aromatic carbocycles. The Kier molecular flexibility index (Phi) is 3.59. The summed E-state index contributed by atoms with van der Waals surface area (Å²) in [5, 5.41) is 16.1. The van der Waals surface area contributed by atoms with Gasteiger partial charge in [0.2, 0.25) is 11.7 Å².